The first-order valence-electron chi connectivity index (χ1n) is 5.59. The third-order valence-corrected chi connectivity index (χ3v) is 3.03. The largest absolute Gasteiger partial charge is 0.508 e. The van der Waals surface area contributed by atoms with Gasteiger partial charge in [0.25, 0.3) is 5.91 Å². The molecule has 18 heavy (non-hydrogen) atoms. The number of phenolic OH excluding ortho intramolecular Hbond substituents is 1. The van der Waals surface area contributed by atoms with Gasteiger partial charge in [0.1, 0.15) is 5.75 Å². The highest BCUT2D eigenvalue weighted by atomic mass is 16.3. The lowest BCUT2D eigenvalue weighted by Gasteiger charge is -2.09. The Labute approximate surface area is 105 Å². The predicted octanol–water partition coefficient (Wildman–Crippen LogP) is 1.99. The Hall–Kier alpha value is -2.30. The molecule has 0 aliphatic carbocycles. The maximum Gasteiger partial charge on any atom is 0.259 e. The first kappa shape index (κ1) is 12.2. The first-order chi connectivity index (χ1) is 8.50. The van der Waals surface area contributed by atoms with E-state index in [4.69, 9.17) is 0 Å². The highest BCUT2D eigenvalue weighted by molar-refractivity contribution is 6.05. The number of hydrogen-bond acceptors (Lipinski definition) is 3. The quantitative estimate of drug-likeness (QED) is 0.850. The van der Waals surface area contributed by atoms with Crippen LogP contribution in [0.5, 0.6) is 5.75 Å². The molecule has 5 heteroatoms. The van der Waals surface area contributed by atoms with E-state index in [2.05, 4.69) is 10.4 Å². The lowest BCUT2D eigenvalue weighted by atomic mass is 10.1. The number of hydrogen-bond donors (Lipinski definition) is 2. The summed E-state index contributed by atoms with van der Waals surface area (Å²) >= 11 is 0. The average molecular weight is 245 g/mol. The summed E-state index contributed by atoms with van der Waals surface area (Å²) in [6.45, 7) is 3.58. The Morgan fingerprint density at radius 2 is 2.11 bits per heavy atom. The zero-order chi connectivity index (χ0) is 13.3. The molecule has 1 amide bonds. The normalized spacial score (nSPS) is 10.4. The number of nitrogens with zero attached hydrogens (tertiary/aromatic N) is 2. The van der Waals surface area contributed by atoms with Crippen LogP contribution in [0.1, 0.15) is 21.6 Å². The Kier molecular flexibility index (Phi) is 3.06. The molecule has 2 N–H and O–H groups in total. The number of carbonyl (C=O) groups excluding carboxylic acids is 1. The summed E-state index contributed by atoms with van der Waals surface area (Å²) in [7, 11) is 1.78. The zero-order valence-electron chi connectivity index (χ0n) is 10.6. The van der Waals surface area contributed by atoms with Gasteiger partial charge in [-0.15, -0.1) is 0 Å². The molecule has 94 valence electrons. The van der Waals surface area contributed by atoms with Gasteiger partial charge in [0, 0.05) is 24.0 Å². The monoisotopic (exact) mass is 245 g/mol. The van der Waals surface area contributed by atoms with Gasteiger partial charge >= 0.3 is 0 Å². The predicted molar refractivity (Wildman–Crippen MR) is 68.7 cm³/mol. The molecule has 0 atom stereocenters. The number of phenols is 1. The fourth-order valence-corrected chi connectivity index (χ4v) is 1.67. The summed E-state index contributed by atoms with van der Waals surface area (Å²) < 4.78 is 1.64. The molecule has 0 aliphatic rings. The molecular formula is C13H15N3O2. The van der Waals surface area contributed by atoms with Crippen LogP contribution in [0.15, 0.2) is 24.4 Å². The van der Waals surface area contributed by atoms with Gasteiger partial charge in [-0.25, -0.2) is 0 Å². The van der Waals surface area contributed by atoms with Crippen LogP contribution >= 0.6 is 0 Å². The van der Waals surface area contributed by atoms with Crippen molar-refractivity contribution in [2.75, 3.05) is 5.32 Å². The van der Waals surface area contributed by atoms with E-state index < -0.39 is 0 Å². The van der Waals surface area contributed by atoms with Gasteiger partial charge in [0.05, 0.1) is 11.8 Å². The number of aryl methyl sites for hydroxylation is 1. The minimum absolute atomic E-state index is 0.163. The maximum absolute atomic E-state index is 12.1. The van der Waals surface area contributed by atoms with Gasteiger partial charge in [-0.3, -0.25) is 9.48 Å². The van der Waals surface area contributed by atoms with Crippen LogP contribution in [0.25, 0.3) is 0 Å². The third-order valence-electron chi connectivity index (χ3n) is 3.03. The van der Waals surface area contributed by atoms with E-state index in [1.807, 2.05) is 6.92 Å². The summed E-state index contributed by atoms with van der Waals surface area (Å²) in [5.41, 5.74) is 2.57. The van der Waals surface area contributed by atoms with Crippen molar-refractivity contribution < 1.29 is 9.90 Å². The van der Waals surface area contributed by atoms with Gasteiger partial charge in [0.2, 0.25) is 0 Å². The van der Waals surface area contributed by atoms with E-state index in [0.29, 0.717) is 16.8 Å². The second-order valence-corrected chi connectivity index (χ2v) is 4.17. The van der Waals surface area contributed by atoms with Crippen molar-refractivity contribution in [1.29, 1.82) is 0 Å². The highest BCUT2D eigenvalue weighted by Gasteiger charge is 2.14. The van der Waals surface area contributed by atoms with E-state index in [1.54, 1.807) is 36.9 Å². The molecule has 0 radical (unpaired) electrons. The first-order valence-corrected chi connectivity index (χ1v) is 5.59. The van der Waals surface area contributed by atoms with Crippen molar-refractivity contribution in [3.8, 4) is 5.75 Å². The van der Waals surface area contributed by atoms with Crippen LogP contribution in [0, 0.1) is 13.8 Å². The number of nitrogens with one attached hydrogen (secondary N) is 1. The Morgan fingerprint density at radius 3 is 2.72 bits per heavy atom. The van der Waals surface area contributed by atoms with E-state index in [9.17, 15) is 9.90 Å². The Balaban J connectivity index is 2.27. The standard InChI is InChI=1S/C13H15N3O2/c1-8-11(5-4-6-12(8)17)15-13(18)10-7-14-16(3)9(10)2/h4-7,17H,1-3H3,(H,15,18). The third kappa shape index (κ3) is 2.07. The van der Waals surface area contributed by atoms with E-state index in [-0.39, 0.29) is 11.7 Å². The molecule has 1 aromatic heterocycles. The van der Waals surface area contributed by atoms with Crippen LogP contribution in [0.2, 0.25) is 0 Å². The van der Waals surface area contributed by atoms with E-state index in [0.717, 1.165) is 5.69 Å². The van der Waals surface area contributed by atoms with Crippen LogP contribution in [0.4, 0.5) is 5.69 Å². The topological polar surface area (TPSA) is 67.2 Å². The molecule has 0 saturated heterocycles. The summed E-state index contributed by atoms with van der Waals surface area (Å²) in [4.78, 5) is 12.1. The van der Waals surface area contributed by atoms with Crippen molar-refractivity contribution in [3.05, 3.63) is 41.2 Å². The summed E-state index contributed by atoms with van der Waals surface area (Å²) in [5.74, 6) is -0.0648. The molecule has 0 spiro atoms. The van der Waals surface area contributed by atoms with Gasteiger partial charge in [-0.1, -0.05) is 6.07 Å². The molecule has 2 aromatic rings. The molecule has 1 aromatic carbocycles. The van der Waals surface area contributed by atoms with Crippen LogP contribution in [-0.4, -0.2) is 20.8 Å². The fraction of sp³-hybridized carbons (Fsp3) is 0.231. The molecule has 0 aliphatic heterocycles. The number of anilines is 1. The average Bonchev–Trinajstić information content (AvgIpc) is 2.66. The number of aromatic hydroxyl groups is 1. The minimum Gasteiger partial charge on any atom is -0.508 e. The summed E-state index contributed by atoms with van der Waals surface area (Å²) in [6, 6.07) is 5.02. The zero-order valence-corrected chi connectivity index (χ0v) is 10.6. The highest BCUT2D eigenvalue weighted by Crippen LogP contribution is 2.24. The molecule has 0 fully saturated rings. The van der Waals surface area contributed by atoms with Crippen LogP contribution in [-0.2, 0) is 7.05 Å². The summed E-state index contributed by atoms with van der Waals surface area (Å²) in [6.07, 6.45) is 1.53. The number of rotatable bonds is 2. The molecule has 0 bridgehead atoms. The fourth-order valence-electron chi connectivity index (χ4n) is 1.67. The van der Waals surface area contributed by atoms with Crippen molar-refractivity contribution in [2.45, 2.75) is 13.8 Å². The Morgan fingerprint density at radius 1 is 1.39 bits per heavy atom. The number of aromatic nitrogens is 2. The number of benzene rings is 1. The van der Waals surface area contributed by atoms with Gasteiger partial charge in [0.15, 0.2) is 0 Å². The van der Waals surface area contributed by atoms with E-state index in [1.165, 1.54) is 6.20 Å². The minimum atomic E-state index is -0.227. The van der Waals surface area contributed by atoms with Crippen LogP contribution < -0.4 is 5.32 Å². The lowest BCUT2D eigenvalue weighted by molar-refractivity contribution is 0.102. The maximum atomic E-state index is 12.1. The van der Waals surface area contributed by atoms with Crippen molar-refractivity contribution in [2.24, 2.45) is 7.05 Å². The second kappa shape index (κ2) is 4.52. The Bertz CT molecular complexity index is 602. The smallest absolute Gasteiger partial charge is 0.259 e. The SMILES string of the molecule is Cc1c(O)cccc1NC(=O)c1cnn(C)c1C. The van der Waals surface area contributed by atoms with Gasteiger partial charge in [-0.2, -0.15) is 5.10 Å². The molecule has 0 unspecified atom stereocenters. The number of amides is 1. The number of carbonyl (C=O) groups is 1. The van der Waals surface area contributed by atoms with Crippen molar-refractivity contribution in [3.63, 3.8) is 0 Å². The van der Waals surface area contributed by atoms with Crippen molar-refractivity contribution >= 4 is 11.6 Å². The molecule has 1 heterocycles. The molecule has 0 saturated carbocycles. The van der Waals surface area contributed by atoms with Crippen LogP contribution in [0.3, 0.4) is 0 Å². The lowest BCUT2D eigenvalue weighted by Crippen LogP contribution is -2.13. The molecule has 2 rings (SSSR count). The second-order valence-electron chi connectivity index (χ2n) is 4.17. The molecule has 5 nitrogen and oxygen atoms in total. The van der Waals surface area contributed by atoms with Gasteiger partial charge < -0.3 is 10.4 Å². The molecular weight excluding hydrogens is 230 g/mol. The van der Waals surface area contributed by atoms with Crippen molar-refractivity contribution in [1.82, 2.24) is 9.78 Å². The van der Waals surface area contributed by atoms with E-state index >= 15 is 0 Å². The summed E-state index contributed by atoms with van der Waals surface area (Å²) in [5, 5.41) is 16.4. The van der Waals surface area contributed by atoms with Gasteiger partial charge in [-0.05, 0) is 26.0 Å².